The number of rotatable bonds is 9. The van der Waals surface area contributed by atoms with Crippen molar-refractivity contribution in [2.24, 2.45) is 0 Å². The Morgan fingerprint density at radius 1 is 1.12 bits per heavy atom. The molecule has 0 aliphatic carbocycles. The minimum atomic E-state index is -1.15. The molecule has 2 aromatic carbocycles. The maximum absolute atomic E-state index is 12.8. The van der Waals surface area contributed by atoms with Gasteiger partial charge in [0.2, 0.25) is 5.91 Å². The lowest BCUT2D eigenvalue weighted by Gasteiger charge is -2.13. The average molecular weight is 551 g/mol. The van der Waals surface area contributed by atoms with Gasteiger partial charge in [-0.15, -0.1) is 0 Å². The molecule has 0 aromatic heterocycles. The Bertz CT molecular complexity index is 1170. The van der Waals surface area contributed by atoms with Gasteiger partial charge >= 0.3 is 5.97 Å². The monoisotopic (exact) mass is 550 g/mol. The summed E-state index contributed by atoms with van der Waals surface area (Å²) in [4.78, 5) is 49.3. The highest BCUT2D eigenvalue weighted by atomic mass is 79.9. The Kier molecular flexibility index (Phi) is 8.18. The average Bonchev–Trinajstić information content (AvgIpc) is 3.06. The number of carboxylic acid groups (broad SMARTS) is 1. The highest BCUT2D eigenvalue weighted by Crippen LogP contribution is 2.38. The van der Waals surface area contributed by atoms with E-state index in [0.29, 0.717) is 33.2 Å². The number of amides is 3. The highest BCUT2D eigenvalue weighted by molar-refractivity contribution is 9.10. The summed E-state index contributed by atoms with van der Waals surface area (Å²) in [5.41, 5.74) is 0.988. The number of aliphatic carboxylic acids is 1. The Morgan fingerprint density at radius 2 is 1.82 bits per heavy atom. The number of ether oxygens (including phenoxy) is 3. The van der Waals surface area contributed by atoms with Gasteiger partial charge in [-0.05, 0) is 59.8 Å². The summed E-state index contributed by atoms with van der Waals surface area (Å²) >= 11 is 4.04. The third-order valence-electron chi connectivity index (χ3n) is 4.47. The van der Waals surface area contributed by atoms with Crippen molar-refractivity contribution >= 4 is 62.5 Å². The number of hydrogen-bond donors (Lipinski definition) is 2. The fourth-order valence-electron chi connectivity index (χ4n) is 2.87. The van der Waals surface area contributed by atoms with Crippen LogP contribution in [0.2, 0.25) is 0 Å². The number of nitrogens with one attached hydrogen (secondary N) is 1. The van der Waals surface area contributed by atoms with Gasteiger partial charge < -0.3 is 24.6 Å². The van der Waals surface area contributed by atoms with Gasteiger partial charge in [0.1, 0.15) is 12.3 Å². The van der Waals surface area contributed by atoms with E-state index in [2.05, 4.69) is 21.2 Å². The van der Waals surface area contributed by atoms with Crippen molar-refractivity contribution in [3.05, 3.63) is 51.3 Å². The molecule has 0 radical (unpaired) electrons. The molecule has 2 aromatic rings. The number of halogens is 1. The van der Waals surface area contributed by atoms with Crippen LogP contribution in [-0.4, -0.2) is 60.4 Å². The van der Waals surface area contributed by atoms with Crippen LogP contribution in [0.4, 0.5) is 10.5 Å². The van der Waals surface area contributed by atoms with Gasteiger partial charge in [0.15, 0.2) is 18.1 Å². The molecule has 12 heteroatoms. The number of anilines is 1. The van der Waals surface area contributed by atoms with Crippen LogP contribution in [0.5, 0.6) is 17.2 Å². The summed E-state index contributed by atoms with van der Waals surface area (Å²) in [5.74, 6) is -1.23. The Labute approximate surface area is 207 Å². The molecule has 2 N–H and O–H groups in total. The fraction of sp³-hybridized carbons (Fsp3) is 0.182. The van der Waals surface area contributed by atoms with Crippen LogP contribution in [0.15, 0.2) is 45.8 Å². The molecule has 1 aliphatic rings. The van der Waals surface area contributed by atoms with Crippen molar-refractivity contribution in [1.82, 2.24) is 4.90 Å². The lowest BCUT2D eigenvalue weighted by molar-refractivity contribution is -0.139. The largest absolute Gasteiger partial charge is 0.497 e. The summed E-state index contributed by atoms with van der Waals surface area (Å²) in [6.07, 6.45) is 1.47. The Balaban J connectivity index is 1.73. The third kappa shape index (κ3) is 6.08. The van der Waals surface area contributed by atoms with Crippen LogP contribution in [0.1, 0.15) is 5.56 Å². The van der Waals surface area contributed by atoms with Gasteiger partial charge in [0.05, 0.1) is 19.1 Å². The second kappa shape index (κ2) is 11.1. The van der Waals surface area contributed by atoms with Crippen LogP contribution in [-0.2, 0) is 14.4 Å². The maximum Gasteiger partial charge on any atom is 0.341 e. The smallest absolute Gasteiger partial charge is 0.341 e. The van der Waals surface area contributed by atoms with Crippen molar-refractivity contribution in [2.45, 2.75) is 0 Å². The van der Waals surface area contributed by atoms with Crippen molar-refractivity contribution in [3.8, 4) is 17.2 Å². The molecule has 0 unspecified atom stereocenters. The molecule has 34 heavy (non-hydrogen) atoms. The molecule has 0 saturated carbocycles. The highest BCUT2D eigenvalue weighted by Gasteiger charge is 2.36. The number of nitrogens with zero attached hydrogens (tertiary/aromatic N) is 1. The SMILES string of the molecule is COc1ccc(NC(=O)CN2C(=O)S/C(=C/c3cc(OC)c(OCC(=O)O)cc3Br)C2=O)cc1. The number of hydrogen-bond acceptors (Lipinski definition) is 8. The number of carbonyl (C=O) groups excluding carboxylic acids is 3. The number of thioether (sulfide) groups is 1. The van der Waals surface area contributed by atoms with E-state index in [1.807, 2.05) is 0 Å². The topological polar surface area (TPSA) is 131 Å². The minimum Gasteiger partial charge on any atom is -0.497 e. The first-order valence-corrected chi connectivity index (χ1v) is 11.2. The van der Waals surface area contributed by atoms with E-state index in [1.54, 1.807) is 24.3 Å². The zero-order valence-corrected chi connectivity index (χ0v) is 20.4. The van der Waals surface area contributed by atoms with Crippen molar-refractivity contribution in [3.63, 3.8) is 0 Å². The number of carboxylic acids is 1. The summed E-state index contributed by atoms with van der Waals surface area (Å²) in [5, 5.41) is 10.8. The maximum atomic E-state index is 12.8. The van der Waals surface area contributed by atoms with Crippen molar-refractivity contribution in [2.75, 3.05) is 32.7 Å². The molecule has 3 amide bonds. The predicted molar refractivity (Wildman–Crippen MR) is 128 cm³/mol. The Morgan fingerprint density at radius 3 is 2.44 bits per heavy atom. The number of carbonyl (C=O) groups is 4. The molecular formula is C22H19BrN2O8S. The van der Waals surface area contributed by atoms with Crippen LogP contribution in [0.3, 0.4) is 0 Å². The molecule has 178 valence electrons. The summed E-state index contributed by atoms with van der Waals surface area (Å²) in [7, 11) is 2.91. The summed E-state index contributed by atoms with van der Waals surface area (Å²) in [6.45, 7) is -1.000. The number of imide groups is 1. The van der Waals surface area contributed by atoms with Crippen LogP contribution in [0.25, 0.3) is 6.08 Å². The molecule has 0 atom stereocenters. The first-order chi connectivity index (χ1) is 16.2. The molecule has 1 aliphatic heterocycles. The van der Waals surface area contributed by atoms with E-state index >= 15 is 0 Å². The predicted octanol–water partition coefficient (Wildman–Crippen LogP) is 3.60. The minimum absolute atomic E-state index is 0.115. The van der Waals surface area contributed by atoms with Gasteiger partial charge in [-0.1, -0.05) is 15.9 Å². The van der Waals surface area contributed by atoms with E-state index in [9.17, 15) is 19.2 Å². The standard InChI is InChI=1S/C22H19BrN2O8S/c1-31-14-5-3-13(4-6-14)24-19(26)10-25-21(29)18(34-22(25)30)8-12-7-16(32-2)17(9-15(12)23)33-11-20(27)28/h3-9H,10-11H2,1-2H3,(H,24,26)(H,27,28)/b18-8+. The molecule has 0 bridgehead atoms. The van der Waals surface area contributed by atoms with Gasteiger partial charge in [0, 0.05) is 10.2 Å². The first-order valence-electron chi connectivity index (χ1n) is 9.63. The second-order valence-electron chi connectivity index (χ2n) is 6.75. The summed E-state index contributed by atoms with van der Waals surface area (Å²) in [6, 6.07) is 9.65. The number of benzene rings is 2. The zero-order chi connectivity index (χ0) is 24.8. The normalized spacial score (nSPS) is 14.3. The molecular weight excluding hydrogens is 532 g/mol. The molecule has 1 heterocycles. The van der Waals surface area contributed by atoms with E-state index in [1.165, 1.54) is 32.4 Å². The van der Waals surface area contributed by atoms with Crippen molar-refractivity contribution in [1.29, 1.82) is 0 Å². The Hall–Kier alpha value is -3.51. The molecule has 1 saturated heterocycles. The van der Waals surface area contributed by atoms with Crippen molar-refractivity contribution < 1.29 is 38.5 Å². The second-order valence-corrected chi connectivity index (χ2v) is 8.60. The van der Waals surface area contributed by atoms with Crippen LogP contribution >= 0.6 is 27.7 Å². The fourth-order valence-corrected chi connectivity index (χ4v) is 4.14. The zero-order valence-electron chi connectivity index (χ0n) is 18.0. The summed E-state index contributed by atoms with van der Waals surface area (Å²) < 4.78 is 16.0. The van der Waals surface area contributed by atoms with Gasteiger partial charge in [-0.2, -0.15) is 0 Å². The molecule has 10 nitrogen and oxygen atoms in total. The molecule has 1 fully saturated rings. The van der Waals surface area contributed by atoms with E-state index in [0.717, 1.165) is 4.90 Å². The molecule has 3 rings (SSSR count). The first kappa shape index (κ1) is 25.1. The van der Waals surface area contributed by atoms with Gasteiger partial charge in [-0.3, -0.25) is 19.3 Å². The van der Waals surface area contributed by atoms with E-state index < -0.39 is 36.2 Å². The van der Waals surface area contributed by atoms with E-state index in [4.69, 9.17) is 19.3 Å². The molecule has 0 spiro atoms. The van der Waals surface area contributed by atoms with Gasteiger partial charge in [0.25, 0.3) is 11.1 Å². The van der Waals surface area contributed by atoms with E-state index in [-0.39, 0.29) is 16.4 Å². The lowest BCUT2D eigenvalue weighted by Crippen LogP contribution is -2.36. The lowest BCUT2D eigenvalue weighted by atomic mass is 10.2. The quantitative estimate of drug-likeness (QED) is 0.449. The van der Waals surface area contributed by atoms with Gasteiger partial charge in [-0.25, -0.2) is 4.79 Å². The number of methoxy groups -OCH3 is 2. The van der Waals surface area contributed by atoms with Crippen LogP contribution < -0.4 is 19.5 Å². The van der Waals surface area contributed by atoms with Crippen LogP contribution in [0, 0.1) is 0 Å². The third-order valence-corrected chi connectivity index (χ3v) is 6.06.